The SMILES string of the molecule is CCC(=O)OC[C@@H]1O[C@@H]1COC(=O)CC. The van der Waals surface area contributed by atoms with Crippen LogP contribution in [0.4, 0.5) is 0 Å². The van der Waals surface area contributed by atoms with Crippen molar-refractivity contribution in [2.24, 2.45) is 0 Å². The molecule has 0 aliphatic carbocycles. The van der Waals surface area contributed by atoms with E-state index in [-0.39, 0.29) is 37.4 Å². The fourth-order valence-corrected chi connectivity index (χ4v) is 1.03. The molecule has 0 unspecified atom stereocenters. The van der Waals surface area contributed by atoms with Gasteiger partial charge in [0.25, 0.3) is 0 Å². The first-order valence-electron chi connectivity index (χ1n) is 5.14. The summed E-state index contributed by atoms with van der Waals surface area (Å²) in [6.45, 7) is 3.97. The fraction of sp³-hybridized carbons (Fsp3) is 0.800. The molecular weight excluding hydrogens is 200 g/mol. The van der Waals surface area contributed by atoms with Crippen molar-refractivity contribution in [3.63, 3.8) is 0 Å². The van der Waals surface area contributed by atoms with Gasteiger partial charge in [0.05, 0.1) is 0 Å². The molecule has 0 N–H and O–H groups in total. The molecule has 1 heterocycles. The third kappa shape index (κ3) is 4.29. The molecule has 5 heteroatoms. The number of rotatable bonds is 6. The smallest absolute Gasteiger partial charge is 0.305 e. The molecule has 5 nitrogen and oxygen atoms in total. The lowest BCUT2D eigenvalue weighted by Gasteiger charge is -2.00. The van der Waals surface area contributed by atoms with Crippen LogP contribution in [-0.2, 0) is 23.8 Å². The van der Waals surface area contributed by atoms with Gasteiger partial charge in [-0.25, -0.2) is 0 Å². The number of carbonyl (C=O) groups is 2. The lowest BCUT2D eigenvalue weighted by atomic mass is 10.3. The van der Waals surface area contributed by atoms with Gasteiger partial charge in [-0.15, -0.1) is 0 Å². The van der Waals surface area contributed by atoms with Gasteiger partial charge in [-0.1, -0.05) is 13.8 Å². The summed E-state index contributed by atoms with van der Waals surface area (Å²) in [5, 5.41) is 0. The average molecular weight is 216 g/mol. The molecule has 0 amide bonds. The normalized spacial score (nSPS) is 23.3. The topological polar surface area (TPSA) is 65.1 Å². The fourth-order valence-electron chi connectivity index (χ4n) is 1.03. The highest BCUT2D eigenvalue weighted by Crippen LogP contribution is 2.22. The summed E-state index contributed by atoms with van der Waals surface area (Å²) < 4.78 is 14.9. The third-order valence-electron chi connectivity index (χ3n) is 2.08. The molecule has 1 aliphatic heterocycles. The second-order valence-electron chi connectivity index (χ2n) is 3.29. The Morgan fingerprint density at radius 1 is 1.00 bits per heavy atom. The highest BCUT2D eigenvalue weighted by Gasteiger charge is 2.40. The van der Waals surface area contributed by atoms with E-state index in [1.807, 2.05) is 0 Å². The minimum atomic E-state index is -0.241. The molecule has 0 aromatic carbocycles. The maximum Gasteiger partial charge on any atom is 0.305 e. The molecule has 0 aromatic rings. The van der Waals surface area contributed by atoms with Gasteiger partial charge in [0.2, 0.25) is 0 Å². The van der Waals surface area contributed by atoms with E-state index in [1.165, 1.54) is 0 Å². The Hall–Kier alpha value is -1.10. The van der Waals surface area contributed by atoms with Crippen LogP contribution in [0.5, 0.6) is 0 Å². The van der Waals surface area contributed by atoms with E-state index < -0.39 is 0 Å². The second kappa shape index (κ2) is 5.70. The van der Waals surface area contributed by atoms with Crippen molar-refractivity contribution < 1.29 is 23.8 Å². The Kier molecular flexibility index (Phi) is 4.55. The van der Waals surface area contributed by atoms with Crippen molar-refractivity contribution in [1.82, 2.24) is 0 Å². The summed E-state index contributed by atoms with van der Waals surface area (Å²) in [7, 11) is 0. The monoisotopic (exact) mass is 216 g/mol. The highest BCUT2D eigenvalue weighted by atomic mass is 16.6. The number of carbonyl (C=O) groups excluding carboxylic acids is 2. The number of hydrogen-bond donors (Lipinski definition) is 0. The van der Waals surface area contributed by atoms with Crippen LogP contribution in [0.3, 0.4) is 0 Å². The van der Waals surface area contributed by atoms with Crippen molar-refractivity contribution in [2.75, 3.05) is 13.2 Å². The van der Waals surface area contributed by atoms with E-state index in [4.69, 9.17) is 14.2 Å². The zero-order valence-corrected chi connectivity index (χ0v) is 9.02. The van der Waals surface area contributed by atoms with Crippen LogP contribution in [0.1, 0.15) is 26.7 Å². The van der Waals surface area contributed by atoms with Gasteiger partial charge in [-0.05, 0) is 0 Å². The Morgan fingerprint density at radius 2 is 1.40 bits per heavy atom. The molecule has 0 radical (unpaired) electrons. The van der Waals surface area contributed by atoms with Crippen LogP contribution in [-0.4, -0.2) is 37.4 Å². The van der Waals surface area contributed by atoms with E-state index >= 15 is 0 Å². The Labute approximate surface area is 88.7 Å². The average Bonchev–Trinajstić information content (AvgIpc) is 3.01. The Bertz CT molecular complexity index is 214. The quantitative estimate of drug-likeness (QED) is 0.482. The Morgan fingerprint density at radius 3 is 1.73 bits per heavy atom. The summed E-state index contributed by atoms with van der Waals surface area (Å²) in [6, 6.07) is 0. The first-order chi connectivity index (χ1) is 7.17. The molecule has 0 bridgehead atoms. The van der Waals surface area contributed by atoms with Crippen LogP contribution >= 0.6 is 0 Å². The van der Waals surface area contributed by atoms with E-state index in [0.29, 0.717) is 12.8 Å². The van der Waals surface area contributed by atoms with Crippen molar-refractivity contribution in [3.05, 3.63) is 0 Å². The highest BCUT2D eigenvalue weighted by molar-refractivity contribution is 5.69. The molecule has 0 aromatic heterocycles. The molecule has 1 saturated heterocycles. The zero-order chi connectivity index (χ0) is 11.3. The molecule has 1 fully saturated rings. The van der Waals surface area contributed by atoms with Gasteiger partial charge in [0.1, 0.15) is 25.4 Å². The molecule has 15 heavy (non-hydrogen) atoms. The van der Waals surface area contributed by atoms with Crippen LogP contribution in [0.25, 0.3) is 0 Å². The van der Waals surface area contributed by atoms with Gasteiger partial charge >= 0.3 is 11.9 Å². The van der Waals surface area contributed by atoms with Crippen molar-refractivity contribution in [1.29, 1.82) is 0 Å². The van der Waals surface area contributed by atoms with Gasteiger partial charge in [0, 0.05) is 12.8 Å². The van der Waals surface area contributed by atoms with Crippen molar-refractivity contribution in [2.45, 2.75) is 38.9 Å². The second-order valence-corrected chi connectivity index (χ2v) is 3.29. The largest absolute Gasteiger partial charge is 0.463 e. The summed E-state index contributed by atoms with van der Waals surface area (Å²) >= 11 is 0. The maximum absolute atomic E-state index is 10.8. The molecule has 2 atom stereocenters. The number of esters is 2. The first-order valence-corrected chi connectivity index (χ1v) is 5.14. The van der Waals surface area contributed by atoms with Gasteiger partial charge in [0.15, 0.2) is 0 Å². The lowest BCUT2D eigenvalue weighted by molar-refractivity contribution is -0.145. The first kappa shape index (κ1) is 12.0. The number of ether oxygens (including phenoxy) is 3. The predicted molar refractivity (Wildman–Crippen MR) is 51.2 cm³/mol. The van der Waals surface area contributed by atoms with Crippen LogP contribution in [0, 0.1) is 0 Å². The predicted octanol–water partition coefficient (Wildman–Crippen LogP) is 0.660. The number of hydrogen-bond acceptors (Lipinski definition) is 5. The van der Waals surface area contributed by atoms with Crippen molar-refractivity contribution >= 4 is 11.9 Å². The summed E-state index contributed by atoms with van der Waals surface area (Å²) in [5.41, 5.74) is 0. The van der Waals surface area contributed by atoms with E-state index in [2.05, 4.69) is 0 Å². The summed E-state index contributed by atoms with van der Waals surface area (Å²) in [5.74, 6) is -0.482. The van der Waals surface area contributed by atoms with Crippen LogP contribution < -0.4 is 0 Å². The summed E-state index contributed by atoms with van der Waals surface area (Å²) in [6.07, 6.45) is 0.514. The maximum atomic E-state index is 10.8. The molecule has 0 spiro atoms. The van der Waals surface area contributed by atoms with E-state index in [9.17, 15) is 9.59 Å². The molecule has 86 valence electrons. The Balaban J connectivity index is 2.03. The van der Waals surface area contributed by atoms with Crippen LogP contribution in [0.2, 0.25) is 0 Å². The third-order valence-corrected chi connectivity index (χ3v) is 2.08. The van der Waals surface area contributed by atoms with E-state index in [0.717, 1.165) is 0 Å². The van der Waals surface area contributed by atoms with E-state index in [1.54, 1.807) is 13.8 Å². The summed E-state index contributed by atoms with van der Waals surface area (Å²) in [4.78, 5) is 21.6. The zero-order valence-electron chi connectivity index (χ0n) is 9.02. The number of epoxide rings is 1. The molecule has 1 rings (SSSR count). The molecule has 0 saturated carbocycles. The lowest BCUT2D eigenvalue weighted by Crippen LogP contribution is -2.14. The van der Waals surface area contributed by atoms with Gasteiger partial charge < -0.3 is 14.2 Å². The molecular formula is C10H16O5. The van der Waals surface area contributed by atoms with Crippen molar-refractivity contribution in [3.8, 4) is 0 Å². The van der Waals surface area contributed by atoms with Gasteiger partial charge in [-0.2, -0.15) is 0 Å². The minimum Gasteiger partial charge on any atom is -0.463 e. The molecule has 1 aliphatic rings. The minimum absolute atomic E-state index is 0.106. The van der Waals surface area contributed by atoms with Crippen LogP contribution in [0.15, 0.2) is 0 Å². The standard InChI is InChI=1S/C10H16O5/c1-3-9(11)13-5-7-8(15-7)6-14-10(12)4-2/h7-8H,3-6H2,1-2H3/t7-,8+. The van der Waals surface area contributed by atoms with Gasteiger partial charge in [-0.3, -0.25) is 9.59 Å².